The number of benzene rings is 1. The zero-order valence-corrected chi connectivity index (χ0v) is 12.8. The summed E-state index contributed by atoms with van der Waals surface area (Å²) in [5.74, 6) is 1.19. The molecule has 1 aliphatic carbocycles. The highest BCUT2D eigenvalue weighted by Crippen LogP contribution is 2.35. The Bertz CT molecular complexity index is 706. The van der Waals surface area contributed by atoms with Gasteiger partial charge in [0, 0.05) is 13.0 Å². The zero-order valence-electron chi connectivity index (χ0n) is 12.8. The number of aryl methyl sites for hydroxylation is 1. The average molecular weight is 302 g/mol. The number of nitrogens with zero attached hydrogens (tertiary/aromatic N) is 3. The van der Waals surface area contributed by atoms with E-state index in [1.165, 1.54) is 18.6 Å². The highest BCUT2D eigenvalue weighted by atomic mass is 19.1. The number of carbonyl (C=O) groups excluding carboxylic acids is 1. The Hall–Kier alpha value is -2.24. The van der Waals surface area contributed by atoms with Gasteiger partial charge in [-0.25, -0.2) is 4.39 Å². The predicted molar refractivity (Wildman–Crippen MR) is 79.9 cm³/mol. The van der Waals surface area contributed by atoms with Crippen LogP contribution < -0.4 is 5.32 Å². The van der Waals surface area contributed by atoms with Crippen molar-refractivity contribution in [2.24, 2.45) is 7.05 Å². The minimum absolute atomic E-state index is 0.0481. The summed E-state index contributed by atoms with van der Waals surface area (Å²) < 4.78 is 15.7. The summed E-state index contributed by atoms with van der Waals surface area (Å²) in [6, 6.07) is 4.57. The van der Waals surface area contributed by atoms with Crippen LogP contribution in [-0.4, -0.2) is 20.7 Å². The molecule has 1 aliphatic rings. The lowest BCUT2D eigenvalue weighted by molar-refractivity contribution is 0.0945. The Kier molecular flexibility index (Phi) is 3.92. The lowest BCUT2D eigenvalue weighted by atomic mass is 9.85. The van der Waals surface area contributed by atoms with Crippen LogP contribution in [0.1, 0.15) is 52.8 Å². The fourth-order valence-corrected chi connectivity index (χ4v) is 2.61. The number of hydrogen-bond donors (Lipinski definition) is 1. The second-order valence-corrected chi connectivity index (χ2v) is 5.83. The lowest BCUT2D eigenvalue weighted by Crippen LogP contribution is -2.25. The second kappa shape index (κ2) is 5.87. The van der Waals surface area contributed by atoms with Gasteiger partial charge < -0.3 is 9.88 Å². The molecule has 2 aromatic rings. The molecule has 1 saturated carbocycles. The molecule has 0 radical (unpaired) electrons. The van der Waals surface area contributed by atoms with E-state index in [1.54, 1.807) is 13.0 Å². The summed E-state index contributed by atoms with van der Waals surface area (Å²) in [6.45, 7) is 2.02. The first-order chi connectivity index (χ1) is 10.6. The number of carbonyl (C=O) groups is 1. The number of halogens is 1. The molecule has 1 aromatic carbocycles. The average Bonchev–Trinajstić information content (AvgIpc) is 2.76. The monoisotopic (exact) mass is 302 g/mol. The Morgan fingerprint density at radius 3 is 2.82 bits per heavy atom. The number of rotatable bonds is 4. The molecule has 1 amide bonds. The van der Waals surface area contributed by atoms with Crippen molar-refractivity contribution in [1.82, 2.24) is 20.1 Å². The van der Waals surface area contributed by atoms with Crippen molar-refractivity contribution < 1.29 is 9.18 Å². The van der Waals surface area contributed by atoms with E-state index in [2.05, 4.69) is 15.5 Å². The molecule has 0 bridgehead atoms. The highest BCUT2D eigenvalue weighted by molar-refractivity contribution is 5.94. The topological polar surface area (TPSA) is 59.8 Å². The van der Waals surface area contributed by atoms with Gasteiger partial charge in [0.25, 0.3) is 5.91 Å². The summed E-state index contributed by atoms with van der Waals surface area (Å²) in [5, 5.41) is 11.0. The molecule has 116 valence electrons. The van der Waals surface area contributed by atoms with Crippen LogP contribution in [0.4, 0.5) is 4.39 Å². The van der Waals surface area contributed by atoms with Crippen LogP contribution in [0.3, 0.4) is 0 Å². The molecule has 5 nitrogen and oxygen atoms in total. The molecule has 1 N–H and O–H groups in total. The standard InChI is InChI=1S/C16H19FN4O/c1-10-6-7-12(13(17)8-10)16(22)18-9-14-19-20-15(21(14)2)11-4-3-5-11/h6-8,11H,3-5,9H2,1-2H3,(H,18,22). The van der Waals surface area contributed by atoms with Crippen molar-refractivity contribution in [2.75, 3.05) is 0 Å². The van der Waals surface area contributed by atoms with Gasteiger partial charge >= 0.3 is 0 Å². The van der Waals surface area contributed by atoms with Crippen LogP contribution in [0.25, 0.3) is 0 Å². The molecule has 0 saturated heterocycles. The Labute approximate surface area is 128 Å². The van der Waals surface area contributed by atoms with Gasteiger partial charge in [-0.1, -0.05) is 12.5 Å². The van der Waals surface area contributed by atoms with Gasteiger partial charge in [0.15, 0.2) is 5.82 Å². The summed E-state index contributed by atoms with van der Waals surface area (Å²) in [6.07, 6.45) is 3.52. The van der Waals surface area contributed by atoms with Crippen LogP contribution in [0.2, 0.25) is 0 Å². The van der Waals surface area contributed by atoms with E-state index >= 15 is 0 Å². The second-order valence-electron chi connectivity index (χ2n) is 5.83. The summed E-state index contributed by atoms with van der Waals surface area (Å²) >= 11 is 0. The summed E-state index contributed by atoms with van der Waals surface area (Å²) in [4.78, 5) is 12.1. The van der Waals surface area contributed by atoms with Crippen LogP contribution in [0.5, 0.6) is 0 Å². The highest BCUT2D eigenvalue weighted by Gasteiger charge is 2.25. The molecular weight excluding hydrogens is 283 g/mol. The van der Waals surface area contributed by atoms with Crippen molar-refractivity contribution in [1.29, 1.82) is 0 Å². The van der Waals surface area contributed by atoms with E-state index in [-0.39, 0.29) is 12.1 Å². The first-order valence-corrected chi connectivity index (χ1v) is 7.49. The fraction of sp³-hybridized carbons (Fsp3) is 0.438. The maximum absolute atomic E-state index is 13.8. The summed E-state index contributed by atoms with van der Waals surface area (Å²) in [7, 11) is 1.90. The molecule has 22 heavy (non-hydrogen) atoms. The van der Waals surface area contributed by atoms with Gasteiger partial charge in [0.05, 0.1) is 12.1 Å². The molecule has 0 atom stereocenters. The molecule has 1 fully saturated rings. The molecule has 1 aromatic heterocycles. The van der Waals surface area contributed by atoms with E-state index in [1.807, 2.05) is 11.6 Å². The zero-order chi connectivity index (χ0) is 15.7. The molecule has 0 aliphatic heterocycles. The number of amides is 1. The normalized spacial score (nSPS) is 14.7. The molecule has 0 unspecified atom stereocenters. The first kappa shape index (κ1) is 14.7. The minimum atomic E-state index is -0.509. The van der Waals surface area contributed by atoms with Crippen LogP contribution in [0.15, 0.2) is 18.2 Å². The Morgan fingerprint density at radius 1 is 1.41 bits per heavy atom. The van der Waals surface area contributed by atoms with Gasteiger partial charge in [0.2, 0.25) is 0 Å². The van der Waals surface area contributed by atoms with Gasteiger partial charge in [-0.3, -0.25) is 4.79 Å². The van der Waals surface area contributed by atoms with Crippen molar-refractivity contribution in [3.63, 3.8) is 0 Å². The van der Waals surface area contributed by atoms with E-state index in [0.29, 0.717) is 11.7 Å². The first-order valence-electron chi connectivity index (χ1n) is 7.49. The van der Waals surface area contributed by atoms with E-state index < -0.39 is 11.7 Å². The Balaban J connectivity index is 1.67. The third kappa shape index (κ3) is 2.73. The third-order valence-electron chi connectivity index (χ3n) is 4.25. The molecule has 6 heteroatoms. The quantitative estimate of drug-likeness (QED) is 0.944. The smallest absolute Gasteiger partial charge is 0.254 e. The van der Waals surface area contributed by atoms with Crippen LogP contribution in [0, 0.1) is 12.7 Å². The third-order valence-corrected chi connectivity index (χ3v) is 4.25. The van der Waals surface area contributed by atoms with Crippen molar-refractivity contribution in [2.45, 2.75) is 38.6 Å². The predicted octanol–water partition coefficient (Wildman–Crippen LogP) is 2.46. The molecule has 1 heterocycles. The van der Waals surface area contributed by atoms with Crippen molar-refractivity contribution in [3.8, 4) is 0 Å². The SMILES string of the molecule is Cc1ccc(C(=O)NCc2nnc(C3CCC3)n2C)c(F)c1. The lowest BCUT2D eigenvalue weighted by Gasteiger charge is -2.24. The number of hydrogen-bond acceptors (Lipinski definition) is 3. The van der Waals surface area contributed by atoms with Crippen LogP contribution in [-0.2, 0) is 13.6 Å². The van der Waals surface area contributed by atoms with Crippen molar-refractivity contribution in [3.05, 3.63) is 46.8 Å². The van der Waals surface area contributed by atoms with E-state index in [4.69, 9.17) is 0 Å². The minimum Gasteiger partial charge on any atom is -0.345 e. The number of nitrogens with one attached hydrogen (secondary N) is 1. The molecular formula is C16H19FN4O. The largest absolute Gasteiger partial charge is 0.345 e. The molecule has 3 rings (SSSR count). The van der Waals surface area contributed by atoms with Gasteiger partial charge in [-0.05, 0) is 37.5 Å². The van der Waals surface area contributed by atoms with Crippen molar-refractivity contribution >= 4 is 5.91 Å². The van der Waals surface area contributed by atoms with Gasteiger partial charge in [-0.2, -0.15) is 0 Å². The Morgan fingerprint density at radius 2 is 2.18 bits per heavy atom. The number of aromatic nitrogens is 3. The summed E-state index contributed by atoms with van der Waals surface area (Å²) in [5.41, 5.74) is 0.833. The van der Waals surface area contributed by atoms with Gasteiger partial charge in [0.1, 0.15) is 11.6 Å². The maximum Gasteiger partial charge on any atom is 0.254 e. The molecule has 0 spiro atoms. The maximum atomic E-state index is 13.8. The van der Waals surface area contributed by atoms with E-state index in [0.717, 1.165) is 24.2 Å². The van der Waals surface area contributed by atoms with Crippen LogP contribution >= 0.6 is 0 Å². The van der Waals surface area contributed by atoms with E-state index in [9.17, 15) is 9.18 Å². The van der Waals surface area contributed by atoms with Gasteiger partial charge in [-0.15, -0.1) is 10.2 Å². The fourth-order valence-electron chi connectivity index (χ4n) is 2.61.